The maximum Gasteiger partial charge on any atom is 0.222 e. The van der Waals surface area contributed by atoms with Crippen molar-refractivity contribution in [1.29, 1.82) is 0 Å². The monoisotopic (exact) mass is 650 g/mol. The lowest BCUT2D eigenvalue weighted by Gasteiger charge is -2.26. The molecule has 0 saturated heterocycles. The van der Waals surface area contributed by atoms with Crippen LogP contribution in [0.1, 0.15) is 55.3 Å². The number of aromatic amines is 1. The third-order valence-electron chi connectivity index (χ3n) is 9.30. The van der Waals surface area contributed by atoms with Crippen molar-refractivity contribution in [2.24, 2.45) is 0 Å². The zero-order valence-corrected chi connectivity index (χ0v) is 27.9. The molecule has 1 aliphatic heterocycles. The molecule has 4 aromatic rings. The second kappa shape index (κ2) is 14.3. The molecule has 3 N–H and O–H groups in total. The number of H-pyrrole nitrogens is 1. The molecule has 6 rings (SSSR count). The standard InChI is InChI=1S/C38H42N4O6/c1-23(43)41-31-13-11-25-20-34(46-2)37(47-3)38(48-4)36(25)27-12-14-32(33(44)21-28(27)31)39-17-7-10-35(45)42-18-15-24(16-19-42)29-22-40-30-9-6-5-8-26(29)30/h5-6,8-9,12,14-15,20-22,31,40H,7,10-11,13,16-19H2,1-4H3,(H,39,44)(H,41,43)/t31-/m0/s1. The van der Waals surface area contributed by atoms with Gasteiger partial charge in [-0.15, -0.1) is 0 Å². The van der Waals surface area contributed by atoms with Crippen LogP contribution in [0.5, 0.6) is 17.2 Å². The topological polar surface area (TPSA) is 122 Å². The smallest absolute Gasteiger partial charge is 0.222 e. The minimum atomic E-state index is -0.382. The van der Waals surface area contributed by atoms with Gasteiger partial charge in [-0.1, -0.05) is 30.3 Å². The van der Waals surface area contributed by atoms with E-state index in [0.29, 0.717) is 73.8 Å². The fourth-order valence-corrected chi connectivity index (χ4v) is 6.95. The molecule has 10 nitrogen and oxygen atoms in total. The SMILES string of the molecule is COc1cc2c(c(OC)c1OC)-c1ccc(NCCCC(=O)N3CC=C(c4c[nH]c5ccccc45)CC3)c(=O)cc1[C@@H](NC(C)=O)CC2. The van der Waals surface area contributed by atoms with E-state index in [1.807, 2.05) is 29.2 Å². The maximum absolute atomic E-state index is 13.6. The lowest BCUT2D eigenvalue weighted by atomic mass is 9.95. The van der Waals surface area contributed by atoms with E-state index in [9.17, 15) is 14.4 Å². The average Bonchev–Trinajstić information content (AvgIpc) is 3.39. The van der Waals surface area contributed by atoms with Crippen LogP contribution >= 0.6 is 0 Å². The molecule has 2 aliphatic rings. The maximum atomic E-state index is 13.6. The van der Waals surface area contributed by atoms with Gasteiger partial charge in [0.25, 0.3) is 0 Å². The van der Waals surface area contributed by atoms with E-state index in [0.717, 1.165) is 28.6 Å². The lowest BCUT2D eigenvalue weighted by Crippen LogP contribution is -2.34. The van der Waals surface area contributed by atoms with Gasteiger partial charge in [-0.2, -0.15) is 0 Å². The van der Waals surface area contributed by atoms with Crippen molar-refractivity contribution < 1.29 is 23.8 Å². The van der Waals surface area contributed by atoms with E-state index in [1.165, 1.54) is 23.4 Å². The summed E-state index contributed by atoms with van der Waals surface area (Å²) in [6.07, 6.45) is 7.18. The summed E-state index contributed by atoms with van der Waals surface area (Å²) in [5, 5.41) is 7.49. The lowest BCUT2D eigenvalue weighted by molar-refractivity contribution is -0.130. The number of methoxy groups -OCH3 is 3. The van der Waals surface area contributed by atoms with Crippen LogP contribution in [0.2, 0.25) is 0 Å². The Bertz CT molecular complexity index is 1950. The molecule has 2 amide bonds. The summed E-state index contributed by atoms with van der Waals surface area (Å²) in [5.41, 5.74) is 7.02. The molecule has 0 fully saturated rings. The summed E-state index contributed by atoms with van der Waals surface area (Å²) in [4.78, 5) is 44.1. The Morgan fingerprint density at radius 3 is 2.52 bits per heavy atom. The number of para-hydroxylation sites is 1. The molecule has 0 spiro atoms. The summed E-state index contributed by atoms with van der Waals surface area (Å²) in [6.45, 7) is 3.20. The minimum Gasteiger partial charge on any atom is -0.493 e. The van der Waals surface area contributed by atoms with E-state index in [4.69, 9.17) is 14.2 Å². The average molecular weight is 651 g/mol. The zero-order valence-electron chi connectivity index (χ0n) is 27.9. The van der Waals surface area contributed by atoms with Gasteiger partial charge in [0.15, 0.2) is 11.5 Å². The summed E-state index contributed by atoms with van der Waals surface area (Å²) < 4.78 is 17.1. The quantitative estimate of drug-likeness (QED) is 0.184. The van der Waals surface area contributed by atoms with Crippen molar-refractivity contribution in [2.75, 3.05) is 46.3 Å². The van der Waals surface area contributed by atoms with Crippen molar-refractivity contribution >= 4 is 34.0 Å². The molecule has 3 aromatic carbocycles. The first-order valence-corrected chi connectivity index (χ1v) is 16.4. The van der Waals surface area contributed by atoms with Gasteiger partial charge in [0.1, 0.15) is 0 Å². The van der Waals surface area contributed by atoms with Crippen molar-refractivity contribution in [3.8, 4) is 28.4 Å². The second-order valence-corrected chi connectivity index (χ2v) is 12.2. The number of ether oxygens (including phenoxy) is 3. The number of carbonyl (C=O) groups is 2. The Balaban J connectivity index is 1.17. The molecule has 250 valence electrons. The Hall–Kier alpha value is -5.25. The number of aryl methyl sites for hydroxylation is 1. The van der Waals surface area contributed by atoms with E-state index >= 15 is 0 Å². The molecule has 2 heterocycles. The predicted molar refractivity (Wildman–Crippen MR) is 188 cm³/mol. The van der Waals surface area contributed by atoms with Crippen LogP contribution in [0.3, 0.4) is 0 Å². The van der Waals surface area contributed by atoms with Crippen LogP contribution in [-0.4, -0.2) is 62.7 Å². The van der Waals surface area contributed by atoms with Gasteiger partial charge in [-0.3, -0.25) is 14.4 Å². The van der Waals surface area contributed by atoms with Crippen molar-refractivity contribution in [3.05, 3.63) is 87.7 Å². The molecule has 0 saturated carbocycles. The molecule has 0 bridgehead atoms. The van der Waals surface area contributed by atoms with Gasteiger partial charge >= 0.3 is 0 Å². The minimum absolute atomic E-state index is 0.102. The van der Waals surface area contributed by atoms with Gasteiger partial charge in [-0.25, -0.2) is 0 Å². The number of carbonyl (C=O) groups excluding carboxylic acids is 2. The number of nitrogens with one attached hydrogen (secondary N) is 3. The van der Waals surface area contributed by atoms with Crippen molar-refractivity contribution in [1.82, 2.24) is 15.2 Å². The van der Waals surface area contributed by atoms with Gasteiger partial charge < -0.3 is 34.7 Å². The number of benzene rings is 2. The molecule has 10 heteroatoms. The highest BCUT2D eigenvalue weighted by atomic mass is 16.5. The number of rotatable bonds is 10. The summed E-state index contributed by atoms with van der Waals surface area (Å²) in [7, 11) is 4.71. The highest BCUT2D eigenvalue weighted by Gasteiger charge is 2.29. The van der Waals surface area contributed by atoms with Gasteiger partial charge in [0.2, 0.25) is 23.0 Å². The van der Waals surface area contributed by atoms with E-state index < -0.39 is 0 Å². The fourth-order valence-electron chi connectivity index (χ4n) is 6.95. The van der Waals surface area contributed by atoms with Gasteiger partial charge in [-0.05, 0) is 72.2 Å². The molecular weight excluding hydrogens is 608 g/mol. The van der Waals surface area contributed by atoms with Gasteiger partial charge in [0.05, 0.1) is 33.1 Å². The third kappa shape index (κ3) is 6.47. The number of fused-ring (bicyclic) bond motifs is 4. The molecule has 1 atom stereocenters. The fraction of sp³-hybridized carbons (Fsp3) is 0.342. The molecule has 1 aliphatic carbocycles. The largest absolute Gasteiger partial charge is 0.493 e. The van der Waals surface area contributed by atoms with Crippen LogP contribution in [-0.2, 0) is 16.0 Å². The molecule has 48 heavy (non-hydrogen) atoms. The number of aromatic nitrogens is 1. The first-order chi connectivity index (χ1) is 23.3. The first-order valence-electron chi connectivity index (χ1n) is 16.4. The number of hydrogen-bond acceptors (Lipinski definition) is 7. The molecule has 1 aromatic heterocycles. The Morgan fingerprint density at radius 2 is 1.79 bits per heavy atom. The van der Waals surface area contributed by atoms with E-state index in [2.05, 4.69) is 40.0 Å². The van der Waals surface area contributed by atoms with Crippen molar-refractivity contribution in [2.45, 2.75) is 45.1 Å². The zero-order chi connectivity index (χ0) is 33.8. The molecular formula is C38H42N4O6. The van der Waals surface area contributed by atoms with Crippen LogP contribution in [0.4, 0.5) is 5.69 Å². The van der Waals surface area contributed by atoms with Crippen LogP contribution in [0, 0.1) is 0 Å². The third-order valence-corrected chi connectivity index (χ3v) is 9.30. The summed E-state index contributed by atoms with van der Waals surface area (Å²) in [5.74, 6) is 1.43. The Morgan fingerprint density at radius 1 is 0.979 bits per heavy atom. The van der Waals surface area contributed by atoms with Gasteiger partial charge in [0, 0.05) is 61.2 Å². The number of amides is 2. The Labute approximate surface area is 280 Å². The Kier molecular flexibility index (Phi) is 9.70. The van der Waals surface area contributed by atoms with E-state index in [1.54, 1.807) is 33.5 Å². The predicted octanol–water partition coefficient (Wildman–Crippen LogP) is 5.85. The summed E-state index contributed by atoms with van der Waals surface area (Å²) in [6, 6.07) is 15.1. The highest BCUT2D eigenvalue weighted by Crippen LogP contribution is 2.50. The summed E-state index contributed by atoms with van der Waals surface area (Å²) >= 11 is 0. The normalized spacial score (nSPS) is 15.5. The molecule has 0 radical (unpaired) electrons. The number of anilines is 1. The van der Waals surface area contributed by atoms with Crippen LogP contribution in [0.15, 0.2) is 65.6 Å². The second-order valence-electron chi connectivity index (χ2n) is 12.2. The molecule has 0 unspecified atom stereocenters. The first kappa shape index (κ1) is 32.7. The van der Waals surface area contributed by atoms with Crippen LogP contribution in [0.25, 0.3) is 27.6 Å². The number of hydrogen-bond donors (Lipinski definition) is 3. The van der Waals surface area contributed by atoms with Crippen LogP contribution < -0.4 is 30.3 Å². The van der Waals surface area contributed by atoms with Crippen molar-refractivity contribution in [3.63, 3.8) is 0 Å². The number of nitrogens with zero attached hydrogens (tertiary/aromatic N) is 1. The highest BCUT2D eigenvalue weighted by molar-refractivity contribution is 5.93. The van der Waals surface area contributed by atoms with E-state index in [-0.39, 0.29) is 23.3 Å².